The lowest BCUT2D eigenvalue weighted by Crippen LogP contribution is -2.40. The molecule has 5 aromatic carbocycles. The van der Waals surface area contributed by atoms with Crippen LogP contribution in [0, 0.1) is 6.92 Å². The summed E-state index contributed by atoms with van der Waals surface area (Å²) >= 11 is 0. The van der Waals surface area contributed by atoms with Gasteiger partial charge in [-0.15, -0.1) is 0 Å². The number of fused-ring (bicyclic) bond motifs is 4. The van der Waals surface area contributed by atoms with E-state index in [2.05, 4.69) is 15.2 Å². The van der Waals surface area contributed by atoms with Crippen LogP contribution in [0.15, 0.2) is 142 Å². The Morgan fingerprint density at radius 2 is 1.43 bits per heavy atom. The fraction of sp³-hybridized carbons (Fsp3) is 0.192. The Bertz CT molecular complexity index is 3350. The maximum atomic E-state index is 14.7. The lowest BCUT2D eigenvalue weighted by molar-refractivity contribution is -0.645. The summed E-state index contributed by atoms with van der Waals surface area (Å²) in [7, 11) is -4.37. The summed E-state index contributed by atoms with van der Waals surface area (Å²) in [6.45, 7) is 3.38. The Kier molecular flexibility index (Phi) is 13.6. The number of aromatic hydroxyl groups is 1. The number of aromatic carboxylic acids is 1. The quantitative estimate of drug-likeness (QED) is 0.0323. The number of hydrogen-bond donors (Lipinski definition) is 5. The maximum Gasteiger partial charge on any atom is 0.336 e. The zero-order chi connectivity index (χ0) is 48.1. The molecule has 68 heavy (non-hydrogen) atoms. The Balaban J connectivity index is 0.947. The van der Waals surface area contributed by atoms with Gasteiger partial charge in [-0.2, -0.15) is 4.57 Å². The number of aliphatic carboxylic acids is 1. The Morgan fingerprint density at radius 1 is 0.721 bits per heavy atom. The van der Waals surface area contributed by atoms with Crippen molar-refractivity contribution in [2.75, 3.05) is 26.2 Å². The lowest BCUT2D eigenvalue weighted by Gasteiger charge is -2.24. The van der Waals surface area contributed by atoms with Crippen LogP contribution in [0.2, 0.25) is 0 Å². The topological polar surface area (TPSA) is 224 Å². The van der Waals surface area contributed by atoms with Crippen molar-refractivity contribution in [3.05, 3.63) is 160 Å². The van der Waals surface area contributed by atoms with Crippen LogP contribution in [-0.2, 0) is 21.4 Å². The van der Waals surface area contributed by atoms with E-state index in [4.69, 9.17) is 4.42 Å². The molecule has 0 radical (unpaired) electrons. The minimum Gasteiger partial charge on any atom is -0.508 e. The molecule has 6 aromatic rings. The molecule has 346 valence electrons. The molecule has 16 heteroatoms. The highest BCUT2D eigenvalue weighted by atomic mass is 32.2. The fourth-order valence-electron chi connectivity index (χ4n) is 8.49. The summed E-state index contributed by atoms with van der Waals surface area (Å²) in [6.07, 6.45) is 1.08. The third kappa shape index (κ3) is 9.63. The van der Waals surface area contributed by atoms with Crippen molar-refractivity contribution in [3.8, 4) is 28.2 Å². The van der Waals surface area contributed by atoms with Crippen molar-refractivity contribution in [2.45, 2.75) is 44.0 Å². The largest absolute Gasteiger partial charge is 0.508 e. The monoisotopic (exact) mass is 935 g/mol. The van der Waals surface area contributed by atoms with E-state index in [1.54, 1.807) is 48.5 Å². The van der Waals surface area contributed by atoms with Crippen LogP contribution >= 0.6 is 0 Å². The molecule has 15 nitrogen and oxygen atoms in total. The van der Waals surface area contributed by atoms with E-state index >= 15 is 0 Å². The number of carboxylic acids is 2. The van der Waals surface area contributed by atoms with E-state index in [1.807, 2.05) is 31.2 Å². The van der Waals surface area contributed by atoms with Gasteiger partial charge in [0.25, 0.3) is 21.8 Å². The van der Waals surface area contributed by atoms with Gasteiger partial charge in [0.1, 0.15) is 23.6 Å². The highest BCUT2D eigenvalue weighted by Gasteiger charge is 2.34. The average molecular weight is 936 g/mol. The number of phenolic OH excluding ortho intramolecular Hbond substituents is 1. The summed E-state index contributed by atoms with van der Waals surface area (Å²) in [6, 6.07) is 33.7. The molecule has 0 atom stereocenters. The molecule has 1 aromatic heterocycles. The summed E-state index contributed by atoms with van der Waals surface area (Å²) in [4.78, 5) is 64.3. The van der Waals surface area contributed by atoms with Crippen LogP contribution in [0.4, 0.5) is 0 Å². The number of nitrogens with zero attached hydrogens (tertiary/aromatic N) is 2. The zero-order valence-corrected chi connectivity index (χ0v) is 37.7. The molecular formula is C52H47N4O11S+. The first-order valence-corrected chi connectivity index (χ1v) is 23.4. The number of sulfonamides is 1. The van der Waals surface area contributed by atoms with E-state index in [-0.39, 0.29) is 75.6 Å². The zero-order valence-electron chi connectivity index (χ0n) is 36.9. The van der Waals surface area contributed by atoms with Gasteiger partial charge in [0.05, 0.1) is 26.8 Å². The van der Waals surface area contributed by atoms with Gasteiger partial charge in [-0.25, -0.2) is 17.5 Å². The molecule has 1 aliphatic heterocycles. The van der Waals surface area contributed by atoms with Gasteiger partial charge in [0, 0.05) is 78.8 Å². The van der Waals surface area contributed by atoms with Gasteiger partial charge in [-0.3, -0.25) is 19.2 Å². The third-order valence-electron chi connectivity index (χ3n) is 11.8. The first kappa shape index (κ1) is 46.6. The molecule has 0 fully saturated rings. The predicted octanol–water partition coefficient (Wildman–Crippen LogP) is 7.37. The molecule has 8 rings (SSSR count). The molecule has 2 heterocycles. The number of unbranched alkanes of at least 4 members (excludes halogenated alkanes) is 1. The Labute approximate surface area is 390 Å². The highest BCUT2D eigenvalue weighted by molar-refractivity contribution is 7.89. The summed E-state index contributed by atoms with van der Waals surface area (Å²) in [5.74, 6) is -3.38. The molecular weight excluding hydrogens is 889 g/mol. The van der Waals surface area contributed by atoms with Gasteiger partial charge in [-0.1, -0.05) is 42.0 Å². The van der Waals surface area contributed by atoms with Crippen LogP contribution in [0.25, 0.3) is 55.2 Å². The molecule has 2 aliphatic rings. The summed E-state index contributed by atoms with van der Waals surface area (Å²) in [5.41, 5.74) is 3.67. The second-order valence-corrected chi connectivity index (χ2v) is 18.2. The van der Waals surface area contributed by atoms with Crippen LogP contribution in [0.5, 0.6) is 5.75 Å². The van der Waals surface area contributed by atoms with Gasteiger partial charge < -0.3 is 30.4 Å². The van der Waals surface area contributed by atoms with E-state index < -0.39 is 33.8 Å². The van der Waals surface area contributed by atoms with Gasteiger partial charge >= 0.3 is 11.9 Å². The smallest absolute Gasteiger partial charge is 0.336 e. The maximum absolute atomic E-state index is 14.7. The Hall–Kier alpha value is -7.95. The minimum absolute atomic E-state index is 0.0687. The number of aryl methyl sites for hydroxylation is 2. The van der Waals surface area contributed by atoms with Crippen molar-refractivity contribution >= 4 is 66.6 Å². The minimum atomic E-state index is -4.37. The number of amides is 2. The molecule has 0 bridgehead atoms. The number of nitrogens with one attached hydrogen (secondary N) is 2. The molecule has 0 unspecified atom stereocenters. The molecule has 2 amide bonds. The lowest BCUT2D eigenvalue weighted by atomic mass is 9.89. The number of aromatic nitrogens is 1. The summed E-state index contributed by atoms with van der Waals surface area (Å²) in [5, 5.41) is 37.5. The van der Waals surface area contributed by atoms with Crippen LogP contribution in [0.1, 0.15) is 62.3 Å². The first-order valence-electron chi connectivity index (χ1n) is 22.0. The third-order valence-corrected chi connectivity index (χ3v) is 13.6. The molecule has 1 aliphatic carbocycles. The van der Waals surface area contributed by atoms with Crippen molar-refractivity contribution in [2.24, 2.45) is 0 Å². The number of pyridine rings is 1. The number of hydrogen-bond acceptors (Lipinski definition) is 10. The van der Waals surface area contributed by atoms with Gasteiger partial charge in [0.15, 0.2) is 5.43 Å². The van der Waals surface area contributed by atoms with Crippen molar-refractivity contribution in [3.63, 3.8) is 0 Å². The van der Waals surface area contributed by atoms with Crippen molar-refractivity contribution in [1.29, 1.82) is 0 Å². The first-order chi connectivity index (χ1) is 32.7. The number of rotatable bonds is 18. The van der Waals surface area contributed by atoms with E-state index in [1.165, 1.54) is 54.6 Å². The van der Waals surface area contributed by atoms with Crippen LogP contribution in [-0.4, -0.2) is 78.0 Å². The van der Waals surface area contributed by atoms with Crippen molar-refractivity contribution < 1.29 is 51.9 Å². The number of phenols is 1. The van der Waals surface area contributed by atoms with E-state index in [9.17, 15) is 47.7 Å². The van der Waals surface area contributed by atoms with E-state index in [0.29, 0.717) is 46.9 Å². The predicted molar refractivity (Wildman–Crippen MR) is 256 cm³/mol. The SMILES string of the molecule is Cc1ccc(S(=O)(=O)N(CCCC(=O)O)C(=O)c2c3ccccc3[n+](CCCCNCCNC(=O)c3ccc(C(=O)O)c(-c4c5ccc(=O)cc-5oc5cc(O)ccc45)c3)c3ccccc23)cc1. The van der Waals surface area contributed by atoms with Gasteiger partial charge in [-0.05, 0) is 98.6 Å². The molecule has 0 saturated heterocycles. The molecule has 0 saturated carbocycles. The number of carbonyl (C=O) groups excluding carboxylic acids is 2. The van der Waals surface area contributed by atoms with E-state index in [0.717, 1.165) is 33.7 Å². The van der Waals surface area contributed by atoms with Gasteiger partial charge in [0.2, 0.25) is 11.0 Å². The number of carbonyl (C=O) groups is 4. The summed E-state index contributed by atoms with van der Waals surface area (Å²) < 4.78 is 37.1. The van der Waals surface area contributed by atoms with Crippen molar-refractivity contribution in [1.82, 2.24) is 14.9 Å². The Morgan fingerprint density at radius 3 is 2.12 bits per heavy atom. The molecule has 0 spiro atoms. The standard InChI is InChI=1S/C52H46N4O11S/c1-32-14-19-36(20-15-32)68(65,66)56(28-8-13-47(59)60)51(62)49-38-9-2-4-11-43(38)55(44-12-5-3-10-39(44)49)27-7-6-24-53-25-26-54-50(61)33-16-21-37(52(63)64)42(29-33)48-40-22-17-34(57)30-45(40)67-46-31-35(58)18-23-41(46)48/h2-5,9-12,14-23,29-31,53H,6-8,13,24-28H2,1H3,(H3-,54,57,58,59,60,61,63,64)/p+1. The normalized spacial score (nSPS) is 11.6. The number of carboxylic acid groups (broad SMARTS) is 2. The second kappa shape index (κ2) is 19.9. The fourth-order valence-corrected chi connectivity index (χ4v) is 9.91. The average Bonchev–Trinajstić information content (AvgIpc) is 3.32. The number of benzene rings is 6. The van der Waals surface area contributed by atoms with Crippen LogP contribution in [0.3, 0.4) is 0 Å². The number of para-hydroxylation sites is 2. The highest BCUT2D eigenvalue weighted by Crippen LogP contribution is 2.42. The second-order valence-electron chi connectivity index (χ2n) is 16.3. The van der Waals surface area contributed by atoms with Crippen LogP contribution < -0.4 is 20.6 Å². The molecule has 5 N–H and O–H groups in total.